The van der Waals surface area contributed by atoms with Gasteiger partial charge in [-0.1, -0.05) is 36.8 Å². The van der Waals surface area contributed by atoms with Crippen LogP contribution in [0.5, 0.6) is 0 Å². The second-order valence-corrected chi connectivity index (χ2v) is 9.42. The van der Waals surface area contributed by atoms with E-state index < -0.39 is 0 Å². The minimum absolute atomic E-state index is 0.458. The summed E-state index contributed by atoms with van der Waals surface area (Å²) in [4.78, 5) is 13.9. The summed E-state index contributed by atoms with van der Waals surface area (Å²) in [6.45, 7) is 11.0. The maximum atomic E-state index is 4.61. The van der Waals surface area contributed by atoms with Crippen molar-refractivity contribution in [2.45, 2.75) is 45.7 Å². The number of piperidine rings is 2. The number of benzene rings is 1. The largest absolute Gasteiger partial charge is 0.356 e. The summed E-state index contributed by atoms with van der Waals surface area (Å²) >= 11 is 0. The number of hydrogen-bond donors (Lipinski definition) is 1. The molecule has 2 aromatic rings. The van der Waals surface area contributed by atoms with E-state index in [9.17, 15) is 0 Å². The van der Waals surface area contributed by atoms with Crippen LogP contribution in [-0.4, -0.2) is 65.1 Å². The van der Waals surface area contributed by atoms with Crippen molar-refractivity contribution in [3.63, 3.8) is 0 Å². The van der Waals surface area contributed by atoms with Crippen LogP contribution in [-0.2, 0) is 6.54 Å². The lowest BCUT2D eigenvalue weighted by Gasteiger charge is -2.40. The molecule has 6 nitrogen and oxygen atoms in total. The average Bonchev–Trinajstić information content (AvgIpc) is 3.32. The molecule has 0 spiro atoms. The van der Waals surface area contributed by atoms with Gasteiger partial charge in [-0.05, 0) is 56.7 Å². The lowest BCUT2D eigenvalue weighted by molar-refractivity contribution is 0.173. The fraction of sp³-hybridized carbons (Fsp3) is 0.600. The first-order valence-electron chi connectivity index (χ1n) is 11.8. The van der Waals surface area contributed by atoms with Crippen LogP contribution in [0.15, 0.2) is 48.0 Å². The van der Waals surface area contributed by atoms with Crippen molar-refractivity contribution in [1.29, 1.82) is 0 Å². The molecule has 6 heteroatoms. The van der Waals surface area contributed by atoms with Crippen molar-refractivity contribution in [1.82, 2.24) is 24.7 Å². The van der Waals surface area contributed by atoms with Gasteiger partial charge in [-0.25, -0.2) is 4.98 Å². The summed E-state index contributed by atoms with van der Waals surface area (Å²) < 4.78 is 2.26. The van der Waals surface area contributed by atoms with Crippen LogP contribution in [0.3, 0.4) is 0 Å². The minimum Gasteiger partial charge on any atom is -0.356 e. The van der Waals surface area contributed by atoms with Crippen LogP contribution < -0.4 is 5.32 Å². The van der Waals surface area contributed by atoms with Crippen molar-refractivity contribution in [2.75, 3.05) is 39.8 Å². The molecule has 2 aliphatic heterocycles. The van der Waals surface area contributed by atoms with Crippen LogP contribution in [0.4, 0.5) is 0 Å². The molecule has 1 aromatic carbocycles. The SMILES string of the molecule is CN=C(NCC1CCN(Cc2ccc(C)cc2)CC1)N1CCC(C)C(n2ccnc2)C1. The highest BCUT2D eigenvalue weighted by Gasteiger charge is 2.29. The van der Waals surface area contributed by atoms with Gasteiger partial charge < -0.3 is 14.8 Å². The van der Waals surface area contributed by atoms with Crippen molar-refractivity contribution in [3.8, 4) is 0 Å². The fourth-order valence-corrected chi connectivity index (χ4v) is 4.96. The van der Waals surface area contributed by atoms with Crippen molar-refractivity contribution in [3.05, 3.63) is 54.1 Å². The van der Waals surface area contributed by atoms with Gasteiger partial charge in [-0.2, -0.15) is 0 Å². The normalized spacial score (nSPS) is 23.8. The summed E-state index contributed by atoms with van der Waals surface area (Å²) in [7, 11) is 1.91. The summed E-state index contributed by atoms with van der Waals surface area (Å²) in [5, 5.41) is 3.69. The molecule has 3 heterocycles. The van der Waals surface area contributed by atoms with E-state index in [1.165, 1.54) is 43.5 Å². The van der Waals surface area contributed by atoms with Gasteiger partial charge in [0.1, 0.15) is 0 Å². The lowest BCUT2D eigenvalue weighted by Crippen LogP contribution is -2.50. The summed E-state index contributed by atoms with van der Waals surface area (Å²) in [6.07, 6.45) is 9.61. The zero-order valence-corrected chi connectivity index (χ0v) is 19.4. The average molecular weight is 423 g/mol. The van der Waals surface area contributed by atoms with Crippen LogP contribution in [0.1, 0.15) is 43.4 Å². The Labute approximate surface area is 187 Å². The Morgan fingerprint density at radius 3 is 2.58 bits per heavy atom. The third kappa shape index (κ3) is 5.67. The predicted octanol–water partition coefficient (Wildman–Crippen LogP) is 3.56. The monoisotopic (exact) mass is 422 g/mol. The van der Waals surface area contributed by atoms with Crippen molar-refractivity contribution >= 4 is 5.96 Å². The molecular formula is C25H38N6. The third-order valence-corrected chi connectivity index (χ3v) is 7.12. The number of aryl methyl sites for hydroxylation is 1. The zero-order chi connectivity index (χ0) is 21.6. The maximum absolute atomic E-state index is 4.61. The van der Waals surface area contributed by atoms with Crippen LogP contribution >= 0.6 is 0 Å². The molecule has 1 aromatic heterocycles. The first kappa shape index (κ1) is 21.9. The van der Waals surface area contributed by atoms with Gasteiger partial charge in [0.25, 0.3) is 0 Å². The molecule has 2 unspecified atom stereocenters. The highest BCUT2D eigenvalue weighted by atomic mass is 15.3. The highest BCUT2D eigenvalue weighted by molar-refractivity contribution is 5.80. The summed E-state index contributed by atoms with van der Waals surface area (Å²) in [5.41, 5.74) is 2.76. The van der Waals surface area contributed by atoms with E-state index in [0.717, 1.165) is 38.1 Å². The maximum Gasteiger partial charge on any atom is 0.193 e. The molecule has 0 bridgehead atoms. The van der Waals surface area contributed by atoms with Gasteiger partial charge in [-0.3, -0.25) is 9.89 Å². The molecule has 0 radical (unpaired) electrons. The van der Waals surface area contributed by atoms with E-state index in [1.54, 1.807) is 0 Å². The van der Waals surface area contributed by atoms with Crippen LogP contribution in [0.25, 0.3) is 0 Å². The second kappa shape index (κ2) is 10.3. The van der Waals surface area contributed by atoms with Crippen molar-refractivity contribution in [2.24, 2.45) is 16.8 Å². The van der Waals surface area contributed by atoms with Gasteiger partial charge in [0.15, 0.2) is 5.96 Å². The molecule has 1 N–H and O–H groups in total. The highest BCUT2D eigenvalue weighted by Crippen LogP contribution is 2.27. The number of aliphatic imine (C=N–C) groups is 1. The fourth-order valence-electron chi connectivity index (χ4n) is 4.96. The first-order chi connectivity index (χ1) is 15.1. The number of imidazole rings is 1. The smallest absolute Gasteiger partial charge is 0.193 e. The number of hydrogen-bond acceptors (Lipinski definition) is 3. The Kier molecular flexibility index (Phi) is 7.28. The van der Waals surface area contributed by atoms with Crippen molar-refractivity contribution < 1.29 is 0 Å². The summed E-state index contributed by atoms with van der Waals surface area (Å²) in [6, 6.07) is 9.43. The lowest BCUT2D eigenvalue weighted by atomic mass is 9.93. The van der Waals surface area contributed by atoms with Gasteiger partial charge in [0, 0.05) is 45.6 Å². The third-order valence-electron chi connectivity index (χ3n) is 7.12. The Hall–Kier alpha value is -2.34. The van der Waals surface area contributed by atoms with Gasteiger partial charge in [0.05, 0.1) is 12.4 Å². The second-order valence-electron chi connectivity index (χ2n) is 9.42. The molecule has 0 saturated carbocycles. The van der Waals surface area contributed by atoms with E-state index in [4.69, 9.17) is 0 Å². The van der Waals surface area contributed by atoms with Gasteiger partial charge >= 0.3 is 0 Å². The Balaban J connectivity index is 1.23. The predicted molar refractivity (Wildman–Crippen MR) is 127 cm³/mol. The summed E-state index contributed by atoms with van der Waals surface area (Å²) in [5.74, 6) is 2.43. The Morgan fingerprint density at radius 2 is 1.90 bits per heavy atom. The molecule has 2 atom stereocenters. The number of aromatic nitrogens is 2. The first-order valence-corrected chi connectivity index (χ1v) is 11.8. The molecule has 31 heavy (non-hydrogen) atoms. The van der Waals surface area contributed by atoms with E-state index in [2.05, 4.69) is 74.0 Å². The Bertz CT molecular complexity index is 820. The van der Waals surface area contributed by atoms with E-state index in [1.807, 2.05) is 19.6 Å². The zero-order valence-electron chi connectivity index (χ0n) is 19.4. The van der Waals surface area contributed by atoms with Crippen LogP contribution in [0.2, 0.25) is 0 Å². The van der Waals surface area contributed by atoms with Crippen LogP contribution in [0, 0.1) is 18.8 Å². The molecule has 2 aliphatic rings. The minimum atomic E-state index is 0.458. The van der Waals surface area contributed by atoms with Gasteiger partial charge in [-0.15, -0.1) is 0 Å². The molecule has 0 aliphatic carbocycles. The standard InChI is InChI=1S/C25H38N6/c1-20-4-6-23(7-5-20)17-29-12-9-22(10-13-29)16-28-25(26-3)30-14-8-21(2)24(18-30)31-15-11-27-19-31/h4-7,11,15,19,21-22,24H,8-10,12-14,16-18H2,1-3H3,(H,26,28). The number of guanidine groups is 1. The topological polar surface area (TPSA) is 48.7 Å². The quantitative estimate of drug-likeness (QED) is 0.591. The number of rotatable bonds is 5. The molecular weight excluding hydrogens is 384 g/mol. The number of nitrogens with one attached hydrogen (secondary N) is 1. The van der Waals surface area contributed by atoms with E-state index in [0.29, 0.717) is 12.0 Å². The number of nitrogens with zero attached hydrogens (tertiary/aromatic N) is 5. The molecule has 4 rings (SSSR count). The number of likely N-dealkylation sites (tertiary alicyclic amines) is 2. The Morgan fingerprint density at radius 1 is 1.13 bits per heavy atom. The molecule has 168 valence electrons. The molecule has 2 saturated heterocycles. The molecule has 2 fully saturated rings. The van der Waals surface area contributed by atoms with Gasteiger partial charge in [0.2, 0.25) is 0 Å². The van der Waals surface area contributed by atoms with E-state index >= 15 is 0 Å². The molecule has 0 amide bonds. The van der Waals surface area contributed by atoms with E-state index in [-0.39, 0.29) is 0 Å².